The first-order chi connectivity index (χ1) is 16.8. The third kappa shape index (κ3) is 4.94. The summed E-state index contributed by atoms with van der Waals surface area (Å²) in [6, 6.07) is 6.84. The summed E-state index contributed by atoms with van der Waals surface area (Å²) in [6.45, 7) is 8.94. The van der Waals surface area contributed by atoms with Crippen LogP contribution < -0.4 is 10.9 Å². The van der Waals surface area contributed by atoms with Gasteiger partial charge in [0.1, 0.15) is 5.82 Å². The molecule has 0 saturated heterocycles. The number of benzene rings is 1. The lowest BCUT2D eigenvalue weighted by molar-refractivity contribution is 0.359. The van der Waals surface area contributed by atoms with Gasteiger partial charge in [0.15, 0.2) is 0 Å². The van der Waals surface area contributed by atoms with Crippen LogP contribution in [0.5, 0.6) is 0 Å². The number of nitrogens with zero attached hydrogens (tertiary/aromatic N) is 1. The Bertz CT molecular complexity index is 1370. The van der Waals surface area contributed by atoms with E-state index in [1.807, 2.05) is 6.20 Å². The number of hydrogen-bond acceptors (Lipinski definition) is 3. The van der Waals surface area contributed by atoms with Crippen molar-refractivity contribution < 1.29 is 0 Å². The first-order valence-corrected chi connectivity index (χ1v) is 13.4. The number of hydrogen-bond donors (Lipinski definition) is 2. The van der Waals surface area contributed by atoms with E-state index in [2.05, 4.69) is 68.3 Å². The zero-order chi connectivity index (χ0) is 24.6. The van der Waals surface area contributed by atoms with Gasteiger partial charge in [-0.25, -0.2) is 4.98 Å². The monoisotopic (exact) mass is 469 g/mol. The van der Waals surface area contributed by atoms with Gasteiger partial charge in [-0.1, -0.05) is 50.6 Å². The van der Waals surface area contributed by atoms with Crippen molar-refractivity contribution in [2.75, 3.05) is 5.32 Å². The number of nitrogens with one attached hydrogen (secondary N) is 2. The highest BCUT2D eigenvalue weighted by Gasteiger charge is 2.23. The standard InChI is InChI=1S/C31H39N3O/c1-20(31(2,3)4)33-29-25-16-15-23(22-13-9-6-10-14-22)18-26(25)27-28(34-29)24(19-32-30(27)35)17-21-11-7-5-8-12-21/h11,13,15-16,18-20H,5-10,12,14,17H2,1-4H3,(H,32,35)(H,33,34). The molecule has 0 amide bonds. The summed E-state index contributed by atoms with van der Waals surface area (Å²) in [6.07, 6.45) is 17.1. The molecule has 1 unspecified atom stereocenters. The molecule has 3 aromatic rings. The largest absolute Gasteiger partial charge is 0.367 e. The van der Waals surface area contributed by atoms with Crippen LogP contribution in [0.2, 0.25) is 0 Å². The van der Waals surface area contributed by atoms with Crippen LogP contribution in [0.3, 0.4) is 0 Å². The molecule has 4 nitrogen and oxygen atoms in total. The molecule has 0 fully saturated rings. The van der Waals surface area contributed by atoms with Crippen molar-refractivity contribution in [3.05, 3.63) is 63.6 Å². The quantitative estimate of drug-likeness (QED) is 0.295. The van der Waals surface area contributed by atoms with E-state index in [0.29, 0.717) is 0 Å². The van der Waals surface area contributed by atoms with E-state index in [-0.39, 0.29) is 17.0 Å². The Morgan fingerprint density at radius 3 is 2.49 bits per heavy atom. The van der Waals surface area contributed by atoms with Gasteiger partial charge in [0.2, 0.25) is 0 Å². The lowest BCUT2D eigenvalue weighted by Gasteiger charge is -2.29. The number of pyridine rings is 2. The fourth-order valence-corrected chi connectivity index (χ4v) is 5.34. The number of aromatic nitrogens is 2. The van der Waals surface area contributed by atoms with Gasteiger partial charge < -0.3 is 10.3 Å². The Labute approximate surface area is 208 Å². The maximum absolute atomic E-state index is 13.3. The fraction of sp³-hybridized carbons (Fsp3) is 0.484. The third-order valence-corrected chi connectivity index (χ3v) is 8.03. The zero-order valence-corrected chi connectivity index (χ0v) is 21.8. The topological polar surface area (TPSA) is 57.8 Å². The smallest absolute Gasteiger partial charge is 0.258 e. The highest BCUT2D eigenvalue weighted by Crippen LogP contribution is 2.36. The predicted octanol–water partition coefficient (Wildman–Crippen LogP) is 7.92. The molecular weight excluding hydrogens is 430 g/mol. The fourth-order valence-electron chi connectivity index (χ4n) is 5.34. The van der Waals surface area contributed by atoms with Crippen molar-refractivity contribution in [3.8, 4) is 0 Å². The number of aromatic amines is 1. The predicted molar refractivity (Wildman–Crippen MR) is 149 cm³/mol. The van der Waals surface area contributed by atoms with Crippen molar-refractivity contribution in [3.63, 3.8) is 0 Å². The van der Waals surface area contributed by atoms with Gasteiger partial charge in [0.25, 0.3) is 5.56 Å². The van der Waals surface area contributed by atoms with Crippen LogP contribution in [-0.4, -0.2) is 16.0 Å². The number of H-pyrrole nitrogens is 1. The summed E-state index contributed by atoms with van der Waals surface area (Å²) >= 11 is 0. The van der Waals surface area contributed by atoms with Crippen LogP contribution in [0.25, 0.3) is 27.2 Å². The molecule has 0 bridgehead atoms. The Kier molecular flexibility index (Phi) is 6.57. The van der Waals surface area contributed by atoms with Crippen LogP contribution in [0.4, 0.5) is 5.82 Å². The van der Waals surface area contributed by atoms with Gasteiger partial charge in [-0.2, -0.15) is 0 Å². The minimum atomic E-state index is -0.0518. The molecule has 4 heteroatoms. The number of allylic oxidation sites excluding steroid dienone is 4. The molecule has 0 saturated carbocycles. The van der Waals surface area contributed by atoms with Crippen LogP contribution >= 0.6 is 0 Å². The average molecular weight is 470 g/mol. The third-order valence-electron chi connectivity index (χ3n) is 8.03. The van der Waals surface area contributed by atoms with Crippen molar-refractivity contribution in [1.82, 2.24) is 9.97 Å². The molecule has 1 aromatic carbocycles. The molecule has 2 aliphatic carbocycles. The highest BCUT2D eigenvalue weighted by molar-refractivity contribution is 6.11. The summed E-state index contributed by atoms with van der Waals surface area (Å²) in [4.78, 5) is 21.5. The molecule has 0 spiro atoms. The van der Waals surface area contributed by atoms with E-state index >= 15 is 0 Å². The molecule has 0 radical (unpaired) electrons. The molecule has 0 aliphatic heterocycles. The number of fused-ring (bicyclic) bond motifs is 3. The van der Waals surface area contributed by atoms with Gasteiger partial charge in [-0.05, 0) is 92.9 Å². The maximum atomic E-state index is 13.3. The summed E-state index contributed by atoms with van der Waals surface area (Å²) in [5.41, 5.74) is 6.09. The first-order valence-electron chi connectivity index (χ1n) is 13.4. The molecule has 35 heavy (non-hydrogen) atoms. The van der Waals surface area contributed by atoms with E-state index < -0.39 is 0 Å². The number of rotatable bonds is 5. The molecule has 1 atom stereocenters. The van der Waals surface area contributed by atoms with Crippen molar-refractivity contribution in [1.29, 1.82) is 0 Å². The molecule has 5 rings (SSSR count). The van der Waals surface area contributed by atoms with Gasteiger partial charge >= 0.3 is 0 Å². The Hall–Kier alpha value is -2.88. The minimum Gasteiger partial charge on any atom is -0.367 e. The van der Waals surface area contributed by atoms with E-state index in [0.717, 1.165) is 65.2 Å². The van der Waals surface area contributed by atoms with Crippen LogP contribution in [0.15, 0.2) is 46.9 Å². The Morgan fingerprint density at radius 1 is 1.03 bits per heavy atom. The second-order valence-corrected chi connectivity index (χ2v) is 11.6. The van der Waals surface area contributed by atoms with Gasteiger partial charge in [-0.15, -0.1) is 0 Å². The zero-order valence-electron chi connectivity index (χ0n) is 21.8. The Balaban J connectivity index is 1.73. The summed E-state index contributed by atoms with van der Waals surface area (Å²) in [7, 11) is 0. The van der Waals surface area contributed by atoms with E-state index in [1.54, 1.807) is 0 Å². The molecule has 2 heterocycles. The average Bonchev–Trinajstić information content (AvgIpc) is 2.86. The Morgan fingerprint density at radius 2 is 1.80 bits per heavy atom. The van der Waals surface area contributed by atoms with E-state index in [4.69, 9.17) is 4.98 Å². The van der Waals surface area contributed by atoms with Crippen molar-refractivity contribution in [2.45, 2.75) is 91.5 Å². The minimum absolute atomic E-state index is 0.0518. The van der Waals surface area contributed by atoms with Crippen molar-refractivity contribution in [2.24, 2.45) is 5.41 Å². The lowest BCUT2D eigenvalue weighted by Crippen LogP contribution is -2.31. The van der Waals surface area contributed by atoms with Crippen molar-refractivity contribution >= 4 is 33.1 Å². The second-order valence-electron chi connectivity index (χ2n) is 11.6. The summed E-state index contributed by atoms with van der Waals surface area (Å²) in [5, 5.41) is 6.46. The lowest BCUT2D eigenvalue weighted by atomic mass is 9.87. The van der Waals surface area contributed by atoms with E-state index in [9.17, 15) is 4.79 Å². The molecule has 184 valence electrons. The van der Waals surface area contributed by atoms with Crippen LogP contribution in [0, 0.1) is 5.41 Å². The molecule has 2 N–H and O–H groups in total. The van der Waals surface area contributed by atoms with Crippen LogP contribution in [-0.2, 0) is 6.42 Å². The summed E-state index contributed by atoms with van der Waals surface area (Å²) in [5.74, 6) is 0.878. The second kappa shape index (κ2) is 9.64. The summed E-state index contributed by atoms with van der Waals surface area (Å²) < 4.78 is 0. The van der Waals surface area contributed by atoms with E-state index in [1.165, 1.54) is 42.4 Å². The highest BCUT2D eigenvalue weighted by atomic mass is 16.1. The number of anilines is 1. The first kappa shape index (κ1) is 23.8. The molecule has 2 aliphatic rings. The van der Waals surface area contributed by atoms with Gasteiger partial charge in [-0.3, -0.25) is 4.79 Å². The van der Waals surface area contributed by atoms with Gasteiger partial charge in [0.05, 0.1) is 10.9 Å². The van der Waals surface area contributed by atoms with Crippen LogP contribution in [0.1, 0.15) is 90.2 Å². The normalized spacial score (nSPS) is 17.8. The molecule has 2 aromatic heterocycles. The molecular formula is C31H39N3O. The van der Waals surface area contributed by atoms with Gasteiger partial charge in [0, 0.05) is 23.0 Å². The SMILES string of the molecule is CC(Nc1nc2c(CC3=CCCCC3)c[nH]c(=O)c2c2cc(C3=CCCCC3)ccc12)C(C)(C)C. The maximum Gasteiger partial charge on any atom is 0.258 e.